The Kier molecular flexibility index (Phi) is 8.89. The summed E-state index contributed by atoms with van der Waals surface area (Å²) in [5.41, 5.74) is 0. The van der Waals surface area contributed by atoms with Crippen molar-refractivity contribution in [1.82, 2.24) is 10.6 Å². The lowest BCUT2D eigenvalue weighted by atomic mass is 10.1. The molecule has 1 unspecified atom stereocenters. The van der Waals surface area contributed by atoms with E-state index in [1.807, 2.05) is 0 Å². The first-order valence-electron chi connectivity index (χ1n) is 8.12. The SMILES string of the molecule is CCNC(=NCC1COC2(CCCCCC2)O1)NCC.I. The maximum absolute atomic E-state index is 6.19. The molecule has 0 radical (unpaired) electrons. The van der Waals surface area contributed by atoms with Crippen molar-refractivity contribution in [2.75, 3.05) is 26.2 Å². The fourth-order valence-corrected chi connectivity index (χ4v) is 2.94. The maximum atomic E-state index is 6.19. The van der Waals surface area contributed by atoms with E-state index >= 15 is 0 Å². The summed E-state index contributed by atoms with van der Waals surface area (Å²) >= 11 is 0. The topological polar surface area (TPSA) is 54.9 Å². The first-order valence-corrected chi connectivity index (χ1v) is 8.12. The third kappa shape index (κ3) is 5.90. The van der Waals surface area contributed by atoms with Gasteiger partial charge < -0.3 is 20.1 Å². The van der Waals surface area contributed by atoms with Gasteiger partial charge in [0.25, 0.3) is 0 Å². The number of nitrogens with zero attached hydrogens (tertiary/aromatic N) is 1. The van der Waals surface area contributed by atoms with Gasteiger partial charge in [-0.05, 0) is 26.7 Å². The summed E-state index contributed by atoms with van der Waals surface area (Å²) < 4.78 is 12.2. The van der Waals surface area contributed by atoms with Crippen LogP contribution in [0.3, 0.4) is 0 Å². The van der Waals surface area contributed by atoms with Crippen LogP contribution in [0.1, 0.15) is 52.4 Å². The van der Waals surface area contributed by atoms with Gasteiger partial charge in [-0.3, -0.25) is 4.99 Å². The molecule has 2 aliphatic rings. The van der Waals surface area contributed by atoms with Crippen LogP contribution in [-0.2, 0) is 9.47 Å². The van der Waals surface area contributed by atoms with Crippen LogP contribution < -0.4 is 10.6 Å². The molecule has 124 valence electrons. The zero-order valence-electron chi connectivity index (χ0n) is 13.3. The predicted molar refractivity (Wildman–Crippen MR) is 96.3 cm³/mol. The normalized spacial score (nSPS) is 24.0. The van der Waals surface area contributed by atoms with Crippen LogP contribution in [0.5, 0.6) is 0 Å². The van der Waals surface area contributed by atoms with Gasteiger partial charge in [-0.1, -0.05) is 12.8 Å². The molecule has 2 rings (SSSR count). The van der Waals surface area contributed by atoms with Gasteiger partial charge in [0.15, 0.2) is 11.7 Å². The van der Waals surface area contributed by atoms with Crippen molar-refractivity contribution in [1.29, 1.82) is 0 Å². The minimum atomic E-state index is -0.298. The third-order valence-corrected chi connectivity index (χ3v) is 3.92. The average molecular weight is 411 g/mol. The van der Waals surface area contributed by atoms with Crippen molar-refractivity contribution in [3.05, 3.63) is 0 Å². The van der Waals surface area contributed by atoms with Gasteiger partial charge in [0.05, 0.1) is 13.2 Å². The van der Waals surface area contributed by atoms with Crippen LogP contribution in [0.15, 0.2) is 4.99 Å². The summed E-state index contributed by atoms with van der Waals surface area (Å²) in [4.78, 5) is 4.58. The van der Waals surface area contributed by atoms with Crippen molar-refractivity contribution < 1.29 is 9.47 Å². The van der Waals surface area contributed by atoms with E-state index in [2.05, 4.69) is 29.5 Å². The van der Waals surface area contributed by atoms with Gasteiger partial charge in [-0.15, -0.1) is 24.0 Å². The number of hydrogen-bond acceptors (Lipinski definition) is 3. The minimum absolute atomic E-state index is 0. The van der Waals surface area contributed by atoms with Crippen molar-refractivity contribution in [3.63, 3.8) is 0 Å². The molecule has 0 aromatic carbocycles. The third-order valence-electron chi connectivity index (χ3n) is 3.92. The molecule has 0 aromatic rings. The molecule has 0 amide bonds. The molecule has 6 heteroatoms. The lowest BCUT2D eigenvalue weighted by Crippen LogP contribution is -2.38. The standard InChI is InChI=1S/C15H29N3O2.HI/c1-3-16-14(17-4-2)18-11-13-12-19-15(20-13)9-7-5-6-8-10-15;/h13H,3-12H2,1-2H3,(H2,16,17,18);1H. The first-order chi connectivity index (χ1) is 9.78. The Hall–Kier alpha value is -0.0800. The van der Waals surface area contributed by atoms with Gasteiger partial charge >= 0.3 is 0 Å². The number of rotatable bonds is 4. The Morgan fingerprint density at radius 3 is 2.29 bits per heavy atom. The summed E-state index contributed by atoms with van der Waals surface area (Å²) in [7, 11) is 0. The van der Waals surface area contributed by atoms with Crippen LogP contribution in [-0.4, -0.2) is 44.1 Å². The zero-order valence-corrected chi connectivity index (χ0v) is 15.7. The van der Waals surface area contributed by atoms with E-state index in [4.69, 9.17) is 9.47 Å². The lowest BCUT2D eigenvalue weighted by molar-refractivity contribution is -0.174. The average Bonchev–Trinajstić information content (AvgIpc) is 2.69. The quantitative estimate of drug-likeness (QED) is 0.424. The van der Waals surface area contributed by atoms with Crippen molar-refractivity contribution in [2.45, 2.75) is 64.3 Å². The predicted octanol–water partition coefficient (Wildman–Crippen LogP) is 2.65. The fraction of sp³-hybridized carbons (Fsp3) is 0.933. The van der Waals surface area contributed by atoms with Crippen molar-refractivity contribution in [2.24, 2.45) is 4.99 Å². The van der Waals surface area contributed by atoms with Crippen LogP contribution >= 0.6 is 24.0 Å². The number of aliphatic imine (C=N–C) groups is 1. The number of nitrogens with one attached hydrogen (secondary N) is 2. The molecule has 1 aliphatic carbocycles. The largest absolute Gasteiger partial charge is 0.357 e. The van der Waals surface area contributed by atoms with Crippen molar-refractivity contribution in [3.8, 4) is 0 Å². The molecule has 0 bridgehead atoms. The number of hydrogen-bond donors (Lipinski definition) is 2. The molecular weight excluding hydrogens is 381 g/mol. The second-order valence-corrected chi connectivity index (χ2v) is 5.63. The lowest BCUT2D eigenvalue weighted by Gasteiger charge is -2.26. The highest BCUT2D eigenvalue weighted by molar-refractivity contribution is 14.0. The molecule has 1 saturated carbocycles. The van der Waals surface area contributed by atoms with E-state index in [0.717, 1.165) is 31.9 Å². The van der Waals surface area contributed by atoms with Gasteiger partial charge in [0, 0.05) is 25.9 Å². The number of halogens is 1. The molecular formula is C15H30IN3O2. The summed E-state index contributed by atoms with van der Waals surface area (Å²) in [6.45, 7) is 7.23. The second kappa shape index (κ2) is 9.84. The smallest absolute Gasteiger partial charge is 0.191 e. The molecule has 21 heavy (non-hydrogen) atoms. The van der Waals surface area contributed by atoms with Crippen LogP contribution in [0.2, 0.25) is 0 Å². The van der Waals surface area contributed by atoms with Crippen molar-refractivity contribution >= 4 is 29.9 Å². The van der Waals surface area contributed by atoms with E-state index in [1.54, 1.807) is 0 Å². The number of guanidine groups is 1. The molecule has 2 N–H and O–H groups in total. The maximum Gasteiger partial charge on any atom is 0.191 e. The first kappa shape index (κ1) is 19.0. The molecule has 1 aliphatic heterocycles. The highest BCUT2D eigenvalue weighted by Gasteiger charge is 2.41. The van der Waals surface area contributed by atoms with Crippen LogP contribution in [0.4, 0.5) is 0 Å². The van der Waals surface area contributed by atoms with E-state index in [0.29, 0.717) is 13.2 Å². The van der Waals surface area contributed by atoms with E-state index < -0.39 is 0 Å². The summed E-state index contributed by atoms with van der Waals surface area (Å²) in [5.74, 6) is 0.563. The Labute approximate surface area is 145 Å². The Morgan fingerprint density at radius 2 is 1.71 bits per heavy atom. The van der Waals surface area contributed by atoms with Crippen LogP contribution in [0, 0.1) is 0 Å². The van der Waals surface area contributed by atoms with E-state index in [-0.39, 0.29) is 35.9 Å². The van der Waals surface area contributed by atoms with Gasteiger partial charge in [0.1, 0.15) is 6.10 Å². The molecule has 1 heterocycles. The molecule has 5 nitrogen and oxygen atoms in total. The molecule has 2 fully saturated rings. The Bertz CT molecular complexity index is 310. The highest BCUT2D eigenvalue weighted by atomic mass is 127. The van der Waals surface area contributed by atoms with Gasteiger partial charge in [0.2, 0.25) is 0 Å². The molecule has 1 saturated heterocycles. The minimum Gasteiger partial charge on any atom is -0.357 e. The highest BCUT2D eigenvalue weighted by Crippen LogP contribution is 2.36. The van der Waals surface area contributed by atoms with E-state index in [9.17, 15) is 0 Å². The monoisotopic (exact) mass is 411 g/mol. The van der Waals surface area contributed by atoms with Gasteiger partial charge in [-0.25, -0.2) is 0 Å². The summed E-state index contributed by atoms with van der Waals surface area (Å²) in [5, 5.41) is 6.46. The second-order valence-electron chi connectivity index (χ2n) is 5.63. The summed E-state index contributed by atoms with van der Waals surface area (Å²) in [6.07, 6.45) is 7.23. The Morgan fingerprint density at radius 1 is 1.10 bits per heavy atom. The Balaban J connectivity index is 0.00000220. The molecule has 1 spiro atoms. The molecule has 0 aromatic heterocycles. The van der Waals surface area contributed by atoms with E-state index in [1.165, 1.54) is 25.7 Å². The van der Waals surface area contributed by atoms with Crippen LogP contribution in [0.25, 0.3) is 0 Å². The zero-order chi connectivity index (χ0) is 14.3. The number of ether oxygens (including phenoxy) is 2. The molecule has 1 atom stereocenters. The van der Waals surface area contributed by atoms with Gasteiger partial charge in [-0.2, -0.15) is 0 Å². The summed E-state index contributed by atoms with van der Waals surface area (Å²) in [6, 6.07) is 0. The fourth-order valence-electron chi connectivity index (χ4n) is 2.94.